The number of furan rings is 1. The van der Waals surface area contributed by atoms with Crippen LogP contribution in [0.5, 0.6) is 0 Å². The number of rotatable bonds is 11. The molecule has 0 aliphatic rings. The molecule has 0 aliphatic carbocycles. The van der Waals surface area contributed by atoms with Crippen LogP contribution in [0.2, 0.25) is 0 Å². The van der Waals surface area contributed by atoms with Crippen molar-refractivity contribution in [2.24, 2.45) is 0 Å². The zero-order valence-electron chi connectivity index (χ0n) is 19.9. The molecule has 0 spiro atoms. The summed E-state index contributed by atoms with van der Waals surface area (Å²) in [6.07, 6.45) is 1.68. The van der Waals surface area contributed by atoms with E-state index in [1.165, 1.54) is 0 Å². The largest absolute Gasteiger partial charge is 0.453 e. The molecule has 0 bridgehead atoms. The lowest BCUT2D eigenvalue weighted by Crippen LogP contribution is -2.32. The van der Waals surface area contributed by atoms with Crippen LogP contribution in [0.1, 0.15) is 24.3 Å². The second-order valence-electron chi connectivity index (χ2n) is 8.59. The van der Waals surface area contributed by atoms with Crippen molar-refractivity contribution in [1.82, 2.24) is 20.4 Å². The topological polar surface area (TPSA) is 114 Å². The minimum absolute atomic E-state index is 0.0202. The summed E-state index contributed by atoms with van der Waals surface area (Å²) in [6.45, 7) is 1.41. The summed E-state index contributed by atoms with van der Waals surface area (Å²) < 4.78 is 11.1. The van der Waals surface area contributed by atoms with Gasteiger partial charge in [0.2, 0.25) is 23.5 Å². The smallest absolute Gasteiger partial charge is 0.238 e. The molecule has 4 aromatic rings. The van der Waals surface area contributed by atoms with Gasteiger partial charge in [-0.25, -0.2) is 0 Å². The fourth-order valence-corrected chi connectivity index (χ4v) is 3.54. The molecule has 0 saturated carbocycles. The SMILES string of the molecule is CN(C)CCNC(=O)Cc1ccc(NC(=O)CCCc2nc(-c3cc4ccccc4o3)no2)cc1. The molecule has 0 atom stereocenters. The Kier molecular flexibility index (Phi) is 7.89. The highest BCUT2D eigenvalue weighted by Gasteiger charge is 2.14. The van der Waals surface area contributed by atoms with Crippen LogP contribution >= 0.6 is 0 Å². The Labute approximate surface area is 203 Å². The number of likely N-dealkylation sites (N-methyl/N-ethyl adjacent to an activating group) is 1. The van der Waals surface area contributed by atoms with Gasteiger partial charge in [0.25, 0.3) is 0 Å². The Hall–Kier alpha value is -3.98. The van der Waals surface area contributed by atoms with Gasteiger partial charge >= 0.3 is 0 Å². The lowest BCUT2D eigenvalue weighted by molar-refractivity contribution is -0.120. The molecule has 0 unspecified atom stereocenters. The molecule has 2 aromatic heterocycles. The Morgan fingerprint density at radius 1 is 1.03 bits per heavy atom. The van der Waals surface area contributed by atoms with Crippen LogP contribution in [0.4, 0.5) is 5.69 Å². The molecular formula is C26H29N5O4. The zero-order chi connectivity index (χ0) is 24.6. The Balaban J connectivity index is 1.19. The van der Waals surface area contributed by atoms with Crippen LogP contribution in [-0.2, 0) is 22.4 Å². The number of para-hydroxylation sites is 1. The van der Waals surface area contributed by atoms with Crippen molar-refractivity contribution in [3.05, 3.63) is 66.1 Å². The van der Waals surface area contributed by atoms with Gasteiger partial charge in [0.1, 0.15) is 5.58 Å². The van der Waals surface area contributed by atoms with Gasteiger partial charge in [0.05, 0.1) is 6.42 Å². The molecule has 9 heteroatoms. The van der Waals surface area contributed by atoms with Crippen LogP contribution in [0, 0.1) is 0 Å². The average Bonchev–Trinajstić information content (AvgIpc) is 3.47. The van der Waals surface area contributed by atoms with Crippen LogP contribution in [-0.4, -0.2) is 54.0 Å². The zero-order valence-corrected chi connectivity index (χ0v) is 19.9. The van der Waals surface area contributed by atoms with Crippen LogP contribution < -0.4 is 10.6 Å². The van der Waals surface area contributed by atoms with Crippen molar-refractivity contribution < 1.29 is 18.5 Å². The van der Waals surface area contributed by atoms with Crippen molar-refractivity contribution in [3.63, 3.8) is 0 Å². The summed E-state index contributed by atoms with van der Waals surface area (Å²) in [7, 11) is 3.92. The van der Waals surface area contributed by atoms with Crippen molar-refractivity contribution in [2.75, 3.05) is 32.5 Å². The minimum atomic E-state index is -0.101. The number of hydrogen-bond donors (Lipinski definition) is 2. The number of amides is 2. The first kappa shape index (κ1) is 24.2. The standard InChI is InChI=1S/C26H29N5O4/c1-31(2)15-14-27-24(33)16-18-10-12-20(13-11-18)28-23(32)8-5-9-25-29-26(30-35-25)22-17-19-6-3-4-7-21(19)34-22/h3-4,6-7,10-13,17H,5,8-9,14-16H2,1-2H3,(H,27,33)(H,28,32). The monoisotopic (exact) mass is 475 g/mol. The number of benzene rings is 2. The fraction of sp³-hybridized carbons (Fsp3) is 0.308. The quantitative estimate of drug-likeness (QED) is 0.340. The summed E-state index contributed by atoms with van der Waals surface area (Å²) in [5.41, 5.74) is 2.35. The maximum absolute atomic E-state index is 12.3. The molecule has 0 radical (unpaired) electrons. The Morgan fingerprint density at radius 2 is 1.83 bits per heavy atom. The molecule has 2 aromatic carbocycles. The van der Waals surface area contributed by atoms with Crippen molar-refractivity contribution in [1.29, 1.82) is 0 Å². The van der Waals surface area contributed by atoms with Gasteiger partial charge in [-0.3, -0.25) is 9.59 Å². The number of nitrogens with zero attached hydrogens (tertiary/aromatic N) is 3. The average molecular weight is 476 g/mol. The summed E-state index contributed by atoms with van der Waals surface area (Å²) in [4.78, 5) is 30.7. The first-order valence-electron chi connectivity index (χ1n) is 11.6. The number of hydrogen-bond acceptors (Lipinski definition) is 7. The third-order valence-corrected chi connectivity index (χ3v) is 5.39. The summed E-state index contributed by atoms with van der Waals surface area (Å²) in [5.74, 6) is 1.28. The first-order chi connectivity index (χ1) is 17.0. The van der Waals surface area contributed by atoms with Gasteiger partial charge in [-0.05, 0) is 50.3 Å². The van der Waals surface area contributed by atoms with Gasteiger partial charge in [-0.15, -0.1) is 0 Å². The van der Waals surface area contributed by atoms with Gasteiger partial charge in [0, 0.05) is 37.0 Å². The van der Waals surface area contributed by atoms with Crippen LogP contribution in [0.15, 0.2) is 63.5 Å². The highest BCUT2D eigenvalue weighted by atomic mass is 16.5. The van der Waals surface area contributed by atoms with E-state index in [4.69, 9.17) is 8.94 Å². The van der Waals surface area contributed by atoms with E-state index in [0.717, 1.165) is 23.1 Å². The molecule has 4 rings (SSSR count). The van der Waals surface area contributed by atoms with Crippen molar-refractivity contribution in [3.8, 4) is 11.6 Å². The van der Waals surface area contributed by atoms with E-state index >= 15 is 0 Å². The van der Waals surface area contributed by atoms with E-state index in [2.05, 4.69) is 20.8 Å². The fourth-order valence-electron chi connectivity index (χ4n) is 3.54. The van der Waals surface area contributed by atoms with E-state index in [9.17, 15) is 9.59 Å². The maximum Gasteiger partial charge on any atom is 0.238 e. The maximum atomic E-state index is 12.3. The highest BCUT2D eigenvalue weighted by molar-refractivity contribution is 5.90. The predicted octanol–water partition coefficient (Wildman–Crippen LogP) is 3.66. The third kappa shape index (κ3) is 7.00. The Bertz CT molecular complexity index is 1240. The number of carbonyl (C=O) groups excluding carboxylic acids is 2. The molecule has 0 saturated heterocycles. The molecule has 0 fully saturated rings. The van der Waals surface area contributed by atoms with Gasteiger partial charge in [-0.1, -0.05) is 35.5 Å². The number of anilines is 1. The van der Waals surface area contributed by atoms with E-state index in [1.54, 1.807) is 12.1 Å². The highest BCUT2D eigenvalue weighted by Crippen LogP contribution is 2.25. The summed E-state index contributed by atoms with van der Waals surface area (Å²) in [6, 6.07) is 16.9. The van der Waals surface area contributed by atoms with E-state index in [1.807, 2.05) is 61.5 Å². The van der Waals surface area contributed by atoms with Gasteiger partial charge in [-0.2, -0.15) is 4.98 Å². The molecule has 182 valence electrons. The molecule has 35 heavy (non-hydrogen) atoms. The number of aryl methyl sites for hydroxylation is 1. The van der Waals surface area contributed by atoms with Gasteiger partial charge < -0.3 is 24.5 Å². The predicted molar refractivity (Wildman–Crippen MR) is 133 cm³/mol. The van der Waals surface area contributed by atoms with Crippen LogP contribution in [0.25, 0.3) is 22.6 Å². The normalized spacial score (nSPS) is 11.2. The molecule has 2 N–H and O–H groups in total. The summed E-state index contributed by atoms with van der Waals surface area (Å²) in [5, 5.41) is 10.7. The summed E-state index contributed by atoms with van der Waals surface area (Å²) >= 11 is 0. The van der Waals surface area contributed by atoms with E-state index < -0.39 is 0 Å². The molecule has 9 nitrogen and oxygen atoms in total. The minimum Gasteiger partial charge on any atom is -0.453 e. The Morgan fingerprint density at radius 3 is 2.60 bits per heavy atom. The lowest BCUT2D eigenvalue weighted by atomic mass is 10.1. The van der Waals surface area contributed by atoms with Gasteiger partial charge in [0.15, 0.2) is 5.76 Å². The third-order valence-electron chi connectivity index (χ3n) is 5.39. The lowest BCUT2D eigenvalue weighted by Gasteiger charge is -2.10. The molecule has 2 heterocycles. The van der Waals surface area contributed by atoms with Crippen molar-refractivity contribution >= 4 is 28.5 Å². The first-order valence-corrected chi connectivity index (χ1v) is 11.6. The molecule has 2 amide bonds. The van der Waals surface area contributed by atoms with Crippen molar-refractivity contribution in [2.45, 2.75) is 25.7 Å². The number of nitrogens with one attached hydrogen (secondary N) is 2. The molecular weight excluding hydrogens is 446 g/mol. The number of fused-ring (bicyclic) bond motifs is 1. The second kappa shape index (κ2) is 11.4. The van der Waals surface area contributed by atoms with Crippen LogP contribution in [0.3, 0.4) is 0 Å². The molecule has 0 aliphatic heterocycles. The second-order valence-corrected chi connectivity index (χ2v) is 8.59. The van der Waals surface area contributed by atoms with E-state index in [-0.39, 0.29) is 11.8 Å². The number of carbonyl (C=O) groups is 2. The number of aromatic nitrogens is 2. The van der Waals surface area contributed by atoms with E-state index in [0.29, 0.717) is 55.4 Å².